The second-order valence-electron chi connectivity index (χ2n) is 6.51. The van der Waals surface area contributed by atoms with E-state index in [0.29, 0.717) is 26.2 Å². The molecule has 2 aromatic carbocycles. The Kier molecular flexibility index (Phi) is 4.98. The van der Waals surface area contributed by atoms with E-state index in [9.17, 15) is 14.0 Å². The van der Waals surface area contributed by atoms with Crippen LogP contribution >= 0.6 is 11.3 Å². The first-order valence-corrected chi connectivity index (χ1v) is 9.73. The number of hydrogen-bond donors (Lipinski definition) is 0. The lowest BCUT2D eigenvalue weighted by molar-refractivity contribution is -0.136. The van der Waals surface area contributed by atoms with Crippen LogP contribution in [0.3, 0.4) is 0 Å². The van der Waals surface area contributed by atoms with E-state index in [0.717, 1.165) is 16.9 Å². The van der Waals surface area contributed by atoms with Crippen molar-refractivity contribution in [3.8, 4) is 0 Å². The minimum atomic E-state index is -0.664. The molecular formula is C22H17FN2O3S. The van der Waals surface area contributed by atoms with Gasteiger partial charge in [-0.2, -0.15) is 0 Å². The molecule has 0 saturated heterocycles. The van der Waals surface area contributed by atoms with Crippen LogP contribution in [-0.4, -0.2) is 17.6 Å². The Morgan fingerprint density at radius 2 is 1.86 bits per heavy atom. The van der Waals surface area contributed by atoms with Gasteiger partial charge < -0.3 is 4.74 Å². The smallest absolute Gasteiger partial charge is 0.338 e. The number of aromatic nitrogens is 1. The number of thiazole rings is 1. The molecule has 4 rings (SSSR count). The third-order valence-corrected chi connectivity index (χ3v) is 5.72. The molecular weight excluding hydrogens is 391 g/mol. The Bertz CT molecular complexity index is 1310. The Balaban J connectivity index is 2.00. The summed E-state index contributed by atoms with van der Waals surface area (Å²) in [5.41, 5.74) is 1.55. The number of nitrogens with zero attached hydrogens (tertiary/aromatic N) is 2. The molecule has 1 atom stereocenters. The van der Waals surface area contributed by atoms with Crippen molar-refractivity contribution in [3.05, 3.63) is 102 Å². The molecule has 29 heavy (non-hydrogen) atoms. The van der Waals surface area contributed by atoms with E-state index in [4.69, 9.17) is 4.74 Å². The lowest BCUT2D eigenvalue weighted by Crippen LogP contribution is -2.39. The van der Waals surface area contributed by atoms with Gasteiger partial charge >= 0.3 is 5.97 Å². The fourth-order valence-corrected chi connectivity index (χ4v) is 4.41. The van der Waals surface area contributed by atoms with E-state index >= 15 is 0 Å². The van der Waals surface area contributed by atoms with Crippen LogP contribution in [0.4, 0.5) is 4.39 Å². The topological polar surface area (TPSA) is 60.7 Å². The maximum atomic E-state index is 14.1. The van der Waals surface area contributed by atoms with Crippen molar-refractivity contribution in [1.29, 1.82) is 0 Å². The number of esters is 1. The second-order valence-corrected chi connectivity index (χ2v) is 7.51. The number of fused-ring (bicyclic) bond motifs is 1. The Morgan fingerprint density at radius 1 is 1.17 bits per heavy atom. The summed E-state index contributed by atoms with van der Waals surface area (Å²) in [5.74, 6) is -0.951. The highest BCUT2D eigenvalue weighted by Gasteiger charge is 2.32. The fraction of sp³-hybridized carbons (Fsp3) is 0.136. The summed E-state index contributed by atoms with van der Waals surface area (Å²) in [6.45, 7) is 1.72. The summed E-state index contributed by atoms with van der Waals surface area (Å²) < 4.78 is 20.9. The van der Waals surface area contributed by atoms with Crippen molar-refractivity contribution >= 4 is 23.4 Å². The molecule has 1 aliphatic heterocycles. The van der Waals surface area contributed by atoms with Crippen molar-refractivity contribution < 1.29 is 13.9 Å². The largest absolute Gasteiger partial charge is 0.466 e. The molecule has 0 saturated carbocycles. The van der Waals surface area contributed by atoms with Gasteiger partial charge in [-0.25, -0.2) is 14.2 Å². The van der Waals surface area contributed by atoms with Crippen molar-refractivity contribution in [1.82, 2.24) is 4.57 Å². The van der Waals surface area contributed by atoms with E-state index in [2.05, 4.69) is 4.99 Å². The summed E-state index contributed by atoms with van der Waals surface area (Å²) in [6.07, 6.45) is 1.51. The highest BCUT2D eigenvalue weighted by molar-refractivity contribution is 7.07. The first-order valence-electron chi connectivity index (χ1n) is 8.91. The van der Waals surface area contributed by atoms with Crippen molar-refractivity contribution in [2.45, 2.75) is 13.0 Å². The van der Waals surface area contributed by atoms with Crippen LogP contribution in [0.2, 0.25) is 0 Å². The minimum Gasteiger partial charge on any atom is -0.466 e. The first-order chi connectivity index (χ1) is 14.0. The molecule has 0 spiro atoms. The summed E-state index contributed by atoms with van der Waals surface area (Å²) >= 11 is 1.16. The lowest BCUT2D eigenvalue weighted by atomic mass is 9.96. The molecule has 0 bridgehead atoms. The van der Waals surface area contributed by atoms with Gasteiger partial charge in [0, 0.05) is 5.56 Å². The standard InChI is InChI=1S/C22H17FN2O3S/c1-13-18(21(27)28-2)19(14-8-4-3-5-9-14)25-20(26)17(29-22(25)24-13)12-15-10-6-7-11-16(15)23/h3-12,19H,1-2H3/b17-12-/t19-/m0/s1. The molecule has 1 aliphatic rings. The van der Waals surface area contributed by atoms with Gasteiger partial charge in [0.2, 0.25) is 0 Å². The lowest BCUT2D eigenvalue weighted by Gasteiger charge is -2.24. The third-order valence-electron chi connectivity index (χ3n) is 4.73. The summed E-state index contributed by atoms with van der Waals surface area (Å²) in [6, 6.07) is 14.8. The quantitative estimate of drug-likeness (QED) is 0.626. The number of carbonyl (C=O) groups is 1. The number of carbonyl (C=O) groups excluding carboxylic acids is 1. The first kappa shape index (κ1) is 19.0. The average Bonchev–Trinajstić information content (AvgIpc) is 3.03. The third kappa shape index (κ3) is 3.34. The van der Waals surface area contributed by atoms with Gasteiger partial charge in [0.1, 0.15) is 5.82 Å². The molecule has 5 nitrogen and oxygen atoms in total. The molecule has 7 heteroatoms. The highest BCUT2D eigenvalue weighted by Crippen LogP contribution is 2.30. The number of methoxy groups -OCH3 is 1. The van der Waals surface area contributed by atoms with Gasteiger partial charge in [-0.1, -0.05) is 59.9 Å². The number of halogens is 1. The zero-order valence-corrected chi connectivity index (χ0v) is 16.6. The van der Waals surface area contributed by atoms with Crippen LogP contribution in [0, 0.1) is 5.82 Å². The van der Waals surface area contributed by atoms with Crippen LogP contribution < -0.4 is 14.9 Å². The van der Waals surface area contributed by atoms with Gasteiger partial charge in [-0.3, -0.25) is 9.36 Å². The zero-order chi connectivity index (χ0) is 20.5. The zero-order valence-electron chi connectivity index (χ0n) is 15.8. The maximum Gasteiger partial charge on any atom is 0.338 e. The predicted molar refractivity (Wildman–Crippen MR) is 109 cm³/mol. The average molecular weight is 408 g/mol. The van der Waals surface area contributed by atoms with Crippen molar-refractivity contribution in [3.63, 3.8) is 0 Å². The van der Waals surface area contributed by atoms with E-state index in [1.165, 1.54) is 23.8 Å². The number of allylic oxidation sites excluding steroid dienone is 1. The number of benzene rings is 2. The van der Waals surface area contributed by atoms with Crippen molar-refractivity contribution in [2.75, 3.05) is 7.11 Å². The van der Waals surface area contributed by atoms with Crippen molar-refractivity contribution in [2.24, 2.45) is 4.99 Å². The van der Waals surface area contributed by atoms with E-state index in [1.54, 1.807) is 25.1 Å². The van der Waals surface area contributed by atoms with Crippen LogP contribution in [0.25, 0.3) is 6.08 Å². The predicted octanol–water partition coefficient (Wildman–Crippen LogP) is 2.55. The Hall–Kier alpha value is -3.32. The number of hydrogen-bond acceptors (Lipinski definition) is 5. The second kappa shape index (κ2) is 7.60. The minimum absolute atomic E-state index is 0.309. The van der Waals surface area contributed by atoms with Crippen LogP contribution in [0.15, 0.2) is 75.7 Å². The molecule has 0 aliphatic carbocycles. The number of ether oxygens (including phenoxy) is 1. The molecule has 0 unspecified atom stereocenters. The molecule has 2 heterocycles. The van der Waals surface area contributed by atoms with E-state index in [-0.39, 0.29) is 5.56 Å². The van der Waals surface area contributed by atoms with E-state index in [1.807, 2.05) is 30.3 Å². The van der Waals surface area contributed by atoms with Gasteiger partial charge in [0.05, 0.1) is 29.0 Å². The van der Waals surface area contributed by atoms with Gasteiger partial charge in [0.15, 0.2) is 4.80 Å². The summed E-state index contributed by atoms with van der Waals surface area (Å²) in [7, 11) is 1.30. The van der Waals surface area contributed by atoms with Crippen LogP contribution in [0.5, 0.6) is 0 Å². The molecule has 0 amide bonds. The van der Waals surface area contributed by atoms with Gasteiger partial charge in [0.25, 0.3) is 5.56 Å². The maximum absolute atomic E-state index is 14.1. The molecule has 0 fully saturated rings. The van der Waals surface area contributed by atoms with Crippen LogP contribution in [-0.2, 0) is 9.53 Å². The van der Waals surface area contributed by atoms with Gasteiger partial charge in [-0.15, -0.1) is 0 Å². The SMILES string of the molecule is COC(=O)C1=C(C)N=c2s/c(=C\c3ccccc3F)c(=O)n2[C@H]1c1ccccc1. The summed E-state index contributed by atoms with van der Waals surface area (Å²) in [5, 5.41) is 0. The monoisotopic (exact) mass is 408 g/mol. The normalized spacial score (nSPS) is 16.4. The Labute approximate surface area is 169 Å². The fourth-order valence-electron chi connectivity index (χ4n) is 3.38. The van der Waals surface area contributed by atoms with Crippen LogP contribution in [0.1, 0.15) is 24.1 Å². The van der Waals surface area contributed by atoms with Gasteiger partial charge in [-0.05, 0) is 24.6 Å². The molecule has 3 aromatic rings. The molecule has 1 aromatic heterocycles. The molecule has 146 valence electrons. The number of rotatable bonds is 3. The Morgan fingerprint density at radius 3 is 2.55 bits per heavy atom. The molecule has 0 radical (unpaired) electrons. The van der Waals surface area contributed by atoms with E-state index < -0.39 is 17.8 Å². The highest BCUT2D eigenvalue weighted by atomic mass is 32.1. The molecule has 0 N–H and O–H groups in total. The summed E-state index contributed by atoms with van der Waals surface area (Å²) in [4.78, 5) is 30.7.